The van der Waals surface area contributed by atoms with Crippen LogP contribution in [0.4, 0.5) is 4.79 Å². The van der Waals surface area contributed by atoms with E-state index in [4.69, 9.17) is 5.11 Å². The third-order valence-corrected chi connectivity index (χ3v) is 0.214. The van der Waals surface area contributed by atoms with E-state index in [2.05, 4.69) is 0 Å². The molecule has 0 bridgehead atoms. The van der Waals surface area contributed by atoms with Gasteiger partial charge in [-0.25, -0.2) is 4.79 Å². The fourth-order valence-electron chi connectivity index (χ4n) is 0. The Balaban J connectivity index is 0. The van der Waals surface area contributed by atoms with Crippen LogP contribution >= 0.6 is 0 Å². The molecular formula is C2H6KNO2. The average Bonchev–Trinajstić information content (AvgIpc) is 1.38. The van der Waals surface area contributed by atoms with E-state index in [0.29, 0.717) is 0 Å². The fourth-order valence-corrected chi connectivity index (χ4v) is 0. The molecule has 0 rings (SSSR count). The Bertz CT molecular complexity index is 46.8. The second kappa shape index (κ2) is 5.91. The van der Waals surface area contributed by atoms with Crippen molar-refractivity contribution in [1.82, 2.24) is 5.32 Å². The Hall–Kier alpha value is 0.906. The molecule has 2 N–H and O–H groups in total. The number of nitrogens with one attached hydrogen (secondary N) is 1. The Morgan fingerprint density at radius 2 is 2.00 bits per heavy atom. The van der Waals surface area contributed by atoms with Crippen LogP contribution in [0.25, 0.3) is 0 Å². The van der Waals surface area contributed by atoms with Gasteiger partial charge in [0.1, 0.15) is 0 Å². The molecule has 0 aliphatic heterocycles. The first kappa shape index (κ1) is 10.0. The maximum atomic E-state index is 9.26. The van der Waals surface area contributed by atoms with E-state index >= 15 is 0 Å². The van der Waals surface area contributed by atoms with Crippen molar-refractivity contribution in [2.75, 3.05) is 7.05 Å². The summed E-state index contributed by atoms with van der Waals surface area (Å²) in [5, 5.41) is 9.56. The van der Waals surface area contributed by atoms with Crippen molar-refractivity contribution in [3.8, 4) is 0 Å². The van der Waals surface area contributed by atoms with Crippen molar-refractivity contribution < 1.29 is 9.90 Å². The van der Waals surface area contributed by atoms with Crippen LogP contribution in [-0.2, 0) is 0 Å². The van der Waals surface area contributed by atoms with Crippen molar-refractivity contribution in [3.05, 3.63) is 0 Å². The molecule has 0 aliphatic carbocycles. The monoisotopic (exact) mass is 115 g/mol. The first-order valence-electron chi connectivity index (χ1n) is 1.18. The Morgan fingerprint density at radius 3 is 2.00 bits per heavy atom. The predicted octanol–water partition coefficient (Wildman–Crippen LogP) is -0.765. The average molecular weight is 115 g/mol. The molecule has 0 saturated carbocycles. The summed E-state index contributed by atoms with van der Waals surface area (Å²) in [5.41, 5.74) is 0. The second-order valence-corrected chi connectivity index (χ2v) is 0.555. The third kappa shape index (κ3) is 8.86. The summed E-state index contributed by atoms with van der Waals surface area (Å²) in [7, 11) is 1.35. The molecule has 0 aromatic heterocycles. The standard InChI is InChI=1S/C2H5NO2.K.H/c1-3-2(4)5;;/h3H,1H3,(H,4,5);;. The van der Waals surface area contributed by atoms with E-state index in [0.717, 1.165) is 0 Å². The van der Waals surface area contributed by atoms with Gasteiger partial charge >= 0.3 is 57.5 Å². The van der Waals surface area contributed by atoms with Gasteiger partial charge in [-0.1, -0.05) is 0 Å². The number of hydrogen-bond donors (Lipinski definition) is 2. The summed E-state index contributed by atoms with van der Waals surface area (Å²) in [5.74, 6) is 0. The minimum absolute atomic E-state index is 0. The van der Waals surface area contributed by atoms with Gasteiger partial charge in [0.05, 0.1) is 0 Å². The van der Waals surface area contributed by atoms with E-state index in [1.165, 1.54) is 7.05 Å². The number of carboxylic acid groups (broad SMARTS) is 1. The maximum absolute atomic E-state index is 9.26. The van der Waals surface area contributed by atoms with Crippen molar-refractivity contribution in [1.29, 1.82) is 0 Å². The fraction of sp³-hybridized carbons (Fsp3) is 0.500. The van der Waals surface area contributed by atoms with E-state index in [1.807, 2.05) is 5.32 Å². The molecule has 0 unspecified atom stereocenters. The van der Waals surface area contributed by atoms with Crippen LogP contribution in [0, 0.1) is 0 Å². The van der Waals surface area contributed by atoms with E-state index < -0.39 is 6.09 Å². The van der Waals surface area contributed by atoms with Crippen molar-refractivity contribution in [2.45, 2.75) is 0 Å². The first-order valence-corrected chi connectivity index (χ1v) is 1.18. The zero-order valence-electron chi connectivity index (χ0n) is 2.86. The van der Waals surface area contributed by atoms with Gasteiger partial charge in [0.15, 0.2) is 0 Å². The van der Waals surface area contributed by atoms with E-state index in [9.17, 15) is 4.79 Å². The second-order valence-electron chi connectivity index (χ2n) is 0.555. The van der Waals surface area contributed by atoms with Crippen molar-refractivity contribution >= 4 is 57.5 Å². The van der Waals surface area contributed by atoms with Crippen LogP contribution in [0.5, 0.6) is 0 Å². The van der Waals surface area contributed by atoms with E-state index in [1.54, 1.807) is 0 Å². The number of carbonyl (C=O) groups is 1. The zero-order chi connectivity index (χ0) is 4.28. The molecule has 4 heteroatoms. The quantitative estimate of drug-likeness (QED) is 0.407. The summed E-state index contributed by atoms with van der Waals surface area (Å²) in [6.07, 6.45) is -0.995. The molecule has 0 atom stereocenters. The van der Waals surface area contributed by atoms with Gasteiger partial charge in [-0.2, -0.15) is 0 Å². The van der Waals surface area contributed by atoms with Gasteiger partial charge in [-0.3, -0.25) is 0 Å². The molecule has 0 aromatic rings. The summed E-state index contributed by atoms with van der Waals surface area (Å²) in [6, 6.07) is 0. The first-order chi connectivity index (χ1) is 2.27. The molecule has 0 saturated heterocycles. The zero-order valence-corrected chi connectivity index (χ0v) is 2.86. The summed E-state index contributed by atoms with van der Waals surface area (Å²) < 4.78 is 0. The van der Waals surface area contributed by atoms with Crippen LogP contribution in [0.15, 0.2) is 0 Å². The van der Waals surface area contributed by atoms with Crippen LogP contribution < -0.4 is 5.32 Å². The SMILES string of the molecule is CNC(=O)O.[KH]. The van der Waals surface area contributed by atoms with Crippen LogP contribution in [0.3, 0.4) is 0 Å². The predicted molar refractivity (Wildman–Crippen MR) is 24.2 cm³/mol. The van der Waals surface area contributed by atoms with Crippen LogP contribution in [-0.4, -0.2) is 69.6 Å². The van der Waals surface area contributed by atoms with Crippen molar-refractivity contribution in [3.63, 3.8) is 0 Å². The molecule has 0 spiro atoms. The summed E-state index contributed by atoms with van der Waals surface area (Å²) in [6.45, 7) is 0. The molecule has 0 aromatic carbocycles. The molecule has 6 heavy (non-hydrogen) atoms. The van der Waals surface area contributed by atoms with Gasteiger partial charge in [0, 0.05) is 7.05 Å². The number of hydrogen-bond acceptors (Lipinski definition) is 1. The van der Waals surface area contributed by atoms with Crippen molar-refractivity contribution in [2.24, 2.45) is 0 Å². The molecule has 0 aliphatic rings. The molecular weight excluding hydrogens is 109 g/mol. The summed E-state index contributed by atoms with van der Waals surface area (Å²) in [4.78, 5) is 9.26. The Morgan fingerprint density at radius 1 is 1.83 bits per heavy atom. The molecule has 32 valence electrons. The topological polar surface area (TPSA) is 49.3 Å². The van der Waals surface area contributed by atoms with Gasteiger partial charge in [0.2, 0.25) is 0 Å². The Kier molecular flexibility index (Phi) is 9.85. The van der Waals surface area contributed by atoms with Crippen LogP contribution in [0.1, 0.15) is 0 Å². The summed E-state index contributed by atoms with van der Waals surface area (Å²) >= 11 is 0. The molecule has 0 heterocycles. The third-order valence-electron chi connectivity index (χ3n) is 0.214. The number of rotatable bonds is 0. The van der Waals surface area contributed by atoms with Gasteiger partial charge in [-0.15, -0.1) is 0 Å². The minimum atomic E-state index is -0.995. The molecule has 0 fully saturated rings. The molecule has 3 nitrogen and oxygen atoms in total. The van der Waals surface area contributed by atoms with Gasteiger partial charge in [0.25, 0.3) is 0 Å². The molecule has 1 amide bonds. The Labute approximate surface area is 78.5 Å². The van der Waals surface area contributed by atoms with E-state index in [-0.39, 0.29) is 51.4 Å². The van der Waals surface area contributed by atoms with Crippen LogP contribution in [0.2, 0.25) is 0 Å². The van der Waals surface area contributed by atoms with Gasteiger partial charge < -0.3 is 10.4 Å². The number of amides is 1. The molecule has 0 radical (unpaired) electrons. The normalized spacial score (nSPS) is 5.50. The van der Waals surface area contributed by atoms with Gasteiger partial charge in [-0.05, 0) is 0 Å².